The number of ether oxygens (including phenoxy) is 3. The van der Waals surface area contributed by atoms with Crippen molar-refractivity contribution in [1.29, 1.82) is 0 Å². The second kappa shape index (κ2) is 13.5. The van der Waals surface area contributed by atoms with Crippen LogP contribution in [0.1, 0.15) is 46.1 Å². The van der Waals surface area contributed by atoms with Crippen LogP contribution in [0.2, 0.25) is 0 Å². The van der Waals surface area contributed by atoms with E-state index in [-0.39, 0.29) is 29.9 Å². The molecule has 1 N–H and O–H groups in total. The van der Waals surface area contributed by atoms with Crippen molar-refractivity contribution in [2.75, 3.05) is 36.9 Å². The van der Waals surface area contributed by atoms with E-state index in [0.717, 1.165) is 16.3 Å². The largest absolute Gasteiger partial charge is 0.497 e. The number of nitrogens with one attached hydrogen (secondary N) is 1. The first-order valence-corrected chi connectivity index (χ1v) is 14.9. The van der Waals surface area contributed by atoms with Crippen molar-refractivity contribution in [2.24, 2.45) is 0 Å². The summed E-state index contributed by atoms with van der Waals surface area (Å²) in [5, 5.41) is 2.97. The Kier molecular flexibility index (Phi) is 10.4. The van der Waals surface area contributed by atoms with Crippen molar-refractivity contribution >= 4 is 27.5 Å². The molecule has 0 aromatic heterocycles. The van der Waals surface area contributed by atoms with Gasteiger partial charge in [0.25, 0.3) is 0 Å². The predicted octanol–water partition coefficient (Wildman–Crippen LogP) is 3.34. The van der Waals surface area contributed by atoms with Gasteiger partial charge in [-0.05, 0) is 56.5 Å². The first kappa shape index (κ1) is 30.1. The minimum Gasteiger partial charge on any atom is -0.497 e. The van der Waals surface area contributed by atoms with Crippen LogP contribution in [-0.4, -0.2) is 69.8 Å². The number of fused-ring (bicyclic) bond motifs is 1. The maximum absolute atomic E-state index is 13.9. The van der Waals surface area contributed by atoms with E-state index in [2.05, 4.69) is 5.32 Å². The topological polar surface area (TPSA) is 114 Å². The second-order valence-corrected chi connectivity index (χ2v) is 11.5. The molecule has 11 heteroatoms. The summed E-state index contributed by atoms with van der Waals surface area (Å²) in [5.74, 6) is 0.605. The fraction of sp³-hybridized carbons (Fsp3) is 0.500. The number of hydrogen-bond acceptors (Lipinski definition) is 7. The lowest BCUT2D eigenvalue weighted by molar-refractivity contribution is -0.140. The van der Waals surface area contributed by atoms with Gasteiger partial charge < -0.3 is 24.4 Å². The molecule has 2 unspecified atom stereocenters. The Morgan fingerprint density at radius 3 is 2.26 bits per heavy atom. The molecular weight excluding hydrogens is 522 g/mol. The summed E-state index contributed by atoms with van der Waals surface area (Å²) >= 11 is 0. The van der Waals surface area contributed by atoms with Gasteiger partial charge in [-0.15, -0.1) is 0 Å². The molecule has 3 rings (SSSR count). The molecule has 1 aliphatic heterocycles. The molecule has 2 amide bonds. The van der Waals surface area contributed by atoms with Gasteiger partial charge in [0.15, 0.2) is 11.5 Å². The molecule has 214 valence electrons. The number of anilines is 1. The molecule has 2 atom stereocenters. The Hall–Kier alpha value is -3.47. The Bertz CT molecular complexity index is 1230. The summed E-state index contributed by atoms with van der Waals surface area (Å²) in [6.45, 7) is 7.61. The van der Waals surface area contributed by atoms with Crippen LogP contribution in [0.15, 0.2) is 42.5 Å². The van der Waals surface area contributed by atoms with Gasteiger partial charge in [-0.1, -0.05) is 26.0 Å². The van der Waals surface area contributed by atoms with Gasteiger partial charge in [0.1, 0.15) is 31.5 Å². The van der Waals surface area contributed by atoms with E-state index in [1.807, 2.05) is 32.9 Å². The van der Waals surface area contributed by atoms with Crippen molar-refractivity contribution < 1.29 is 32.2 Å². The molecule has 2 aromatic carbocycles. The van der Waals surface area contributed by atoms with Crippen LogP contribution in [-0.2, 0) is 26.2 Å². The number of amides is 2. The Morgan fingerprint density at radius 2 is 1.67 bits per heavy atom. The minimum atomic E-state index is -3.85. The van der Waals surface area contributed by atoms with Crippen LogP contribution in [0.3, 0.4) is 0 Å². The van der Waals surface area contributed by atoms with Gasteiger partial charge in [0, 0.05) is 18.7 Å². The SMILES string of the molecule is CCC(C)NC(=O)C(CC)N(Cc1ccc(OC)cc1)C(=O)CN(c1ccc2c(c1)OCCO2)S(=O)(=O)CC. The van der Waals surface area contributed by atoms with Crippen LogP contribution >= 0.6 is 0 Å². The van der Waals surface area contributed by atoms with Crippen molar-refractivity contribution in [2.45, 2.75) is 59.2 Å². The number of sulfonamides is 1. The summed E-state index contributed by atoms with van der Waals surface area (Å²) in [5.41, 5.74) is 1.07. The van der Waals surface area contributed by atoms with Gasteiger partial charge in [0.2, 0.25) is 21.8 Å². The van der Waals surface area contributed by atoms with E-state index >= 15 is 0 Å². The Balaban J connectivity index is 1.97. The molecule has 1 aliphatic rings. The van der Waals surface area contributed by atoms with Gasteiger partial charge in [-0.3, -0.25) is 13.9 Å². The molecular formula is C28H39N3O7S. The Labute approximate surface area is 231 Å². The summed E-state index contributed by atoms with van der Waals surface area (Å²) < 4.78 is 43.9. The summed E-state index contributed by atoms with van der Waals surface area (Å²) in [6.07, 6.45) is 1.09. The zero-order valence-electron chi connectivity index (χ0n) is 23.3. The quantitative estimate of drug-likeness (QED) is 0.399. The first-order valence-electron chi connectivity index (χ1n) is 13.3. The van der Waals surface area contributed by atoms with E-state index in [0.29, 0.717) is 36.9 Å². The minimum absolute atomic E-state index is 0.0702. The van der Waals surface area contributed by atoms with Crippen molar-refractivity contribution in [3.05, 3.63) is 48.0 Å². The van der Waals surface area contributed by atoms with E-state index in [1.165, 1.54) is 11.8 Å². The molecule has 1 heterocycles. The molecule has 10 nitrogen and oxygen atoms in total. The van der Waals surface area contributed by atoms with Crippen LogP contribution < -0.4 is 23.8 Å². The van der Waals surface area contributed by atoms with Crippen LogP contribution in [0.4, 0.5) is 5.69 Å². The Morgan fingerprint density at radius 1 is 1.00 bits per heavy atom. The van der Waals surface area contributed by atoms with Crippen molar-refractivity contribution in [3.63, 3.8) is 0 Å². The lowest BCUT2D eigenvalue weighted by Crippen LogP contribution is -2.53. The third-order valence-corrected chi connectivity index (χ3v) is 8.43. The van der Waals surface area contributed by atoms with Crippen LogP contribution in [0.5, 0.6) is 17.2 Å². The molecule has 0 fully saturated rings. The third kappa shape index (κ3) is 7.56. The number of nitrogens with zero attached hydrogens (tertiary/aromatic N) is 2. The van der Waals surface area contributed by atoms with Gasteiger partial charge in [0.05, 0.1) is 18.6 Å². The lowest BCUT2D eigenvalue weighted by Gasteiger charge is -2.34. The van der Waals surface area contributed by atoms with Gasteiger partial charge >= 0.3 is 0 Å². The van der Waals surface area contributed by atoms with Crippen LogP contribution in [0, 0.1) is 0 Å². The molecule has 0 bridgehead atoms. The summed E-state index contributed by atoms with van der Waals surface area (Å²) in [4.78, 5) is 28.6. The molecule has 0 saturated carbocycles. The maximum Gasteiger partial charge on any atom is 0.244 e. The van der Waals surface area contributed by atoms with Gasteiger partial charge in [-0.2, -0.15) is 0 Å². The fourth-order valence-electron chi connectivity index (χ4n) is 4.20. The van der Waals surface area contributed by atoms with Gasteiger partial charge in [-0.25, -0.2) is 8.42 Å². The molecule has 0 saturated heterocycles. The van der Waals surface area contributed by atoms with Crippen molar-refractivity contribution in [1.82, 2.24) is 10.2 Å². The monoisotopic (exact) mass is 561 g/mol. The number of rotatable bonds is 13. The number of methoxy groups -OCH3 is 1. The molecule has 0 aliphatic carbocycles. The predicted molar refractivity (Wildman–Crippen MR) is 150 cm³/mol. The summed E-state index contributed by atoms with van der Waals surface area (Å²) in [6, 6.07) is 11.1. The zero-order valence-corrected chi connectivity index (χ0v) is 24.1. The number of carbonyl (C=O) groups excluding carboxylic acids is 2. The molecule has 2 aromatic rings. The molecule has 0 spiro atoms. The first-order chi connectivity index (χ1) is 18.6. The highest BCUT2D eigenvalue weighted by Crippen LogP contribution is 2.35. The second-order valence-electron chi connectivity index (χ2n) is 9.35. The zero-order chi connectivity index (χ0) is 28.6. The highest BCUT2D eigenvalue weighted by Gasteiger charge is 2.33. The standard InChI is InChI=1S/C28H39N3O7S/c1-6-20(4)29-28(33)24(7-2)30(18-21-9-12-23(36-5)13-10-21)27(32)19-31(39(34,35)8-3)22-11-14-25-26(17-22)38-16-15-37-25/h9-14,17,20,24H,6-8,15-16,18-19H2,1-5H3,(H,29,33). The average Bonchev–Trinajstić information content (AvgIpc) is 2.95. The van der Waals surface area contributed by atoms with Crippen LogP contribution in [0.25, 0.3) is 0 Å². The van der Waals surface area contributed by atoms with E-state index in [4.69, 9.17) is 14.2 Å². The average molecular weight is 562 g/mol. The van der Waals surface area contributed by atoms with E-state index in [9.17, 15) is 18.0 Å². The number of benzene rings is 2. The number of hydrogen-bond donors (Lipinski definition) is 1. The number of carbonyl (C=O) groups is 2. The third-order valence-electron chi connectivity index (χ3n) is 6.69. The highest BCUT2D eigenvalue weighted by atomic mass is 32.2. The molecule has 39 heavy (non-hydrogen) atoms. The fourth-order valence-corrected chi connectivity index (χ4v) is 5.25. The maximum atomic E-state index is 13.9. The normalized spacial score (nSPS) is 14.2. The molecule has 0 radical (unpaired) electrons. The summed E-state index contributed by atoms with van der Waals surface area (Å²) in [7, 11) is -2.29. The lowest BCUT2D eigenvalue weighted by atomic mass is 10.1. The van der Waals surface area contributed by atoms with E-state index < -0.39 is 28.5 Å². The van der Waals surface area contributed by atoms with Crippen molar-refractivity contribution in [3.8, 4) is 17.2 Å². The smallest absolute Gasteiger partial charge is 0.244 e. The highest BCUT2D eigenvalue weighted by molar-refractivity contribution is 7.92. The van der Waals surface area contributed by atoms with E-state index in [1.54, 1.807) is 37.4 Å².